The number of nitrogens with one attached hydrogen (secondary N) is 1. The predicted molar refractivity (Wildman–Crippen MR) is 105 cm³/mol. The Morgan fingerprint density at radius 1 is 1.19 bits per heavy atom. The van der Waals surface area contributed by atoms with E-state index in [0.29, 0.717) is 43.1 Å². The number of ether oxygens (including phenoxy) is 2. The summed E-state index contributed by atoms with van der Waals surface area (Å²) in [7, 11) is 3.24. The molecule has 27 heavy (non-hydrogen) atoms. The van der Waals surface area contributed by atoms with Crippen LogP contribution in [0.2, 0.25) is 0 Å². The summed E-state index contributed by atoms with van der Waals surface area (Å²) in [4.78, 5) is 27.0. The molecule has 0 saturated carbocycles. The highest BCUT2D eigenvalue weighted by Crippen LogP contribution is 2.33. The Morgan fingerprint density at radius 2 is 1.93 bits per heavy atom. The summed E-state index contributed by atoms with van der Waals surface area (Å²) in [5, 5.41) is 4.73. The lowest BCUT2D eigenvalue weighted by molar-refractivity contribution is -0.132. The topological polar surface area (TPSA) is 67.9 Å². The highest BCUT2D eigenvalue weighted by molar-refractivity contribution is 7.12. The molecule has 144 valence electrons. The van der Waals surface area contributed by atoms with Gasteiger partial charge < -0.3 is 19.7 Å². The average Bonchev–Trinajstić information content (AvgIpc) is 3.24. The molecule has 1 aliphatic rings. The van der Waals surface area contributed by atoms with E-state index in [2.05, 4.69) is 5.32 Å². The van der Waals surface area contributed by atoms with E-state index >= 15 is 0 Å². The zero-order valence-corrected chi connectivity index (χ0v) is 16.4. The van der Waals surface area contributed by atoms with Crippen LogP contribution in [-0.2, 0) is 17.8 Å². The quantitative estimate of drug-likeness (QED) is 0.741. The van der Waals surface area contributed by atoms with Gasteiger partial charge in [-0.3, -0.25) is 9.59 Å². The van der Waals surface area contributed by atoms with Crippen LogP contribution in [0, 0.1) is 0 Å². The van der Waals surface area contributed by atoms with Gasteiger partial charge in [-0.2, -0.15) is 0 Å². The number of nitrogens with zero attached hydrogens (tertiary/aromatic N) is 1. The maximum atomic E-state index is 12.5. The van der Waals surface area contributed by atoms with Gasteiger partial charge in [0.1, 0.15) is 0 Å². The van der Waals surface area contributed by atoms with Crippen LogP contribution in [0.5, 0.6) is 11.5 Å². The molecule has 1 aromatic heterocycles. The molecule has 0 fully saturated rings. The van der Waals surface area contributed by atoms with Crippen molar-refractivity contribution < 1.29 is 19.1 Å². The largest absolute Gasteiger partial charge is 0.493 e. The van der Waals surface area contributed by atoms with Crippen LogP contribution in [0.1, 0.15) is 33.6 Å². The van der Waals surface area contributed by atoms with Crippen LogP contribution in [0.3, 0.4) is 0 Å². The number of thiophene rings is 1. The first-order valence-corrected chi connectivity index (χ1v) is 9.83. The molecule has 0 saturated heterocycles. The second-order valence-corrected chi connectivity index (χ2v) is 7.33. The van der Waals surface area contributed by atoms with E-state index in [1.807, 2.05) is 28.5 Å². The van der Waals surface area contributed by atoms with Crippen LogP contribution in [0.15, 0.2) is 29.6 Å². The molecule has 1 aromatic carbocycles. The molecule has 2 heterocycles. The van der Waals surface area contributed by atoms with E-state index in [1.54, 1.807) is 20.3 Å². The molecule has 0 aliphatic carbocycles. The number of hydrogen-bond acceptors (Lipinski definition) is 5. The Hall–Kier alpha value is -2.54. The number of benzene rings is 1. The van der Waals surface area contributed by atoms with Crippen molar-refractivity contribution in [2.75, 3.05) is 27.3 Å². The summed E-state index contributed by atoms with van der Waals surface area (Å²) in [6.45, 7) is 1.77. The van der Waals surface area contributed by atoms with Crippen LogP contribution >= 0.6 is 11.3 Å². The van der Waals surface area contributed by atoms with Crippen LogP contribution in [0.4, 0.5) is 0 Å². The Balaban J connectivity index is 1.49. The van der Waals surface area contributed by atoms with Gasteiger partial charge >= 0.3 is 0 Å². The van der Waals surface area contributed by atoms with Gasteiger partial charge in [0.05, 0.1) is 19.1 Å². The van der Waals surface area contributed by atoms with Crippen molar-refractivity contribution in [3.8, 4) is 11.5 Å². The minimum absolute atomic E-state index is 0.0783. The van der Waals surface area contributed by atoms with E-state index in [4.69, 9.17) is 9.47 Å². The molecular weight excluding hydrogens is 364 g/mol. The molecule has 0 radical (unpaired) electrons. The summed E-state index contributed by atoms with van der Waals surface area (Å²) >= 11 is 1.41. The van der Waals surface area contributed by atoms with Gasteiger partial charge in [0.25, 0.3) is 5.91 Å². The normalized spacial score (nSPS) is 13.0. The lowest BCUT2D eigenvalue weighted by atomic mass is 9.98. The first-order valence-electron chi connectivity index (χ1n) is 8.95. The van der Waals surface area contributed by atoms with Gasteiger partial charge in [0.2, 0.25) is 5.91 Å². The summed E-state index contributed by atoms with van der Waals surface area (Å²) in [6.07, 6.45) is 1.86. The van der Waals surface area contributed by atoms with Crippen molar-refractivity contribution in [3.63, 3.8) is 0 Å². The lowest BCUT2D eigenvalue weighted by Gasteiger charge is -2.29. The number of rotatable bonds is 7. The lowest BCUT2D eigenvalue weighted by Crippen LogP contribution is -2.36. The van der Waals surface area contributed by atoms with Crippen molar-refractivity contribution in [2.24, 2.45) is 0 Å². The summed E-state index contributed by atoms with van der Waals surface area (Å²) in [5.74, 6) is 1.44. The first-order chi connectivity index (χ1) is 13.1. The van der Waals surface area contributed by atoms with Crippen molar-refractivity contribution in [1.29, 1.82) is 0 Å². The maximum Gasteiger partial charge on any atom is 0.261 e. The number of carbonyl (C=O) groups excluding carboxylic acids is 2. The van der Waals surface area contributed by atoms with Crippen LogP contribution in [0.25, 0.3) is 0 Å². The number of amides is 2. The highest BCUT2D eigenvalue weighted by Gasteiger charge is 2.22. The van der Waals surface area contributed by atoms with Crippen molar-refractivity contribution >= 4 is 23.2 Å². The first kappa shape index (κ1) is 19.2. The second kappa shape index (κ2) is 8.90. The molecule has 2 aromatic rings. The number of carbonyl (C=O) groups is 2. The molecule has 0 unspecified atom stereocenters. The zero-order chi connectivity index (χ0) is 19.2. The molecule has 1 N–H and O–H groups in total. The van der Waals surface area contributed by atoms with Gasteiger partial charge in [-0.05, 0) is 47.5 Å². The molecule has 0 atom stereocenters. The SMILES string of the molecule is COc1cc2c(cc1OC)CN(C(=O)CCCNC(=O)c1cccs1)CC2. The van der Waals surface area contributed by atoms with E-state index in [0.717, 1.165) is 17.7 Å². The molecular formula is C20H24N2O4S. The number of fused-ring (bicyclic) bond motifs is 1. The molecule has 3 rings (SSSR count). The molecule has 7 heteroatoms. The molecule has 2 amide bonds. The zero-order valence-electron chi connectivity index (χ0n) is 15.6. The second-order valence-electron chi connectivity index (χ2n) is 6.38. The van der Waals surface area contributed by atoms with Gasteiger partial charge in [-0.15, -0.1) is 11.3 Å². The van der Waals surface area contributed by atoms with E-state index in [1.165, 1.54) is 16.9 Å². The summed E-state index contributed by atoms with van der Waals surface area (Å²) in [6, 6.07) is 7.59. The third-order valence-corrected chi connectivity index (χ3v) is 5.54. The maximum absolute atomic E-state index is 12.5. The van der Waals surface area contributed by atoms with Gasteiger partial charge in [-0.25, -0.2) is 0 Å². The molecule has 6 nitrogen and oxygen atoms in total. The minimum Gasteiger partial charge on any atom is -0.493 e. The van der Waals surface area contributed by atoms with E-state index < -0.39 is 0 Å². The molecule has 0 bridgehead atoms. The summed E-state index contributed by atoms with van der Waals surface area (Å²) in [5.41, 5.74) is 2.29. The molecule has 0 spiro atoms. The van der Waals surface area contributed by atoms with E-state index in [9.17, 15) is 9.59 Å². The van der Waals surface area contributed by atoms with Gasteiger partial charge in [-0.1, -0.05) is 6.07 Å². The van der Waals surface area contributed by atoms with Crippen molar-refractivity contribution in [3.05, 3.63) is 45.6 Å². The predicted octanol–water partition coefficient (Wildman–Crippen LogP) is 2.86. The Morgan fingerprint density at radius 3 is 2.59 bits per heavy atom. The number of hydrogen-bond donors (Lipinski definition) is 1. The fourth-order valence-electron chi connectivity index (χ4n) is 3.19. The van der Waals surface area contributed by atoms with Crippen LogP contribution in [-0.4, -0.2) is 44.0 Å². The highest BCUT2D eigenvalue weighted by atomic mass is 32.1. The third kappa shape index (κ3) is 4.60. The third-order valence-electron chi connectivity index (χ3n) is 4.67. The monoisotopic (exact) mass is 388 g/mol. The van der Waals surface area contributed by atoms with Crippen molar-refractivity contribution in [2.45, 2.75) is 25.8 Å². The fourth-order valence-corrected chi connectivity index (χ4v) is 3.83. The Kier molecular flexibility index (Phi) is 6.34. The van der Waals surface area contributed by atoms with Gasteiger partial charge in [0.15, 0.2) is 11.5 Å². The smallest absolute Gasteiger partial charge is 0.261 e. The van der Waals surface area contributed by atoms with E-state index in [-0.39, 0.29) is 11.8 Å². The summed E-state index contributed by atoms with van der Waals surface area (Å²) < 4.78 is 10.7. The molecule has 1 aliphatic heterocycles. The Labute approximate surface area is 163 Å². The average molecular weight is 388 g/mol. The van der Waals surface area contributed by atoms with Crippen molar-refractivity contribution in [1.82, 2.24) is 10.2 Å². The minimum atomic E-state index is -0.0783. The fraction of sp³-hybridized carbons (Fsp3) is 0.400. The van der Waals surface area contributed by atoms with Gasteiger partial charge in [0, 0.05) is 26.1 Å². The standard InChI is InChI=1S/C20H24N2O4S/c1-25-16-11-14-7-9-22(13-15(14)12-17(16)26-2)19(23)6-3-8-21-20(24)18-5-4-10-27-18/h4-5,10-12H,3,6-9,13H2,1-2H3,(H,21,24). The Bertz CT molecular complexity index is 805. The number of methoxy groups -OCH3 is 2. The van der Waals surface area contributed by atoms with Crippen LogP contribution < -0.4 is 14.8 Å².